The average molecular weight is 315 g/mol. The second kappa shape index (κ2) is 4.01. The molecule has 7 heteroatoms. The van der Waals surface area contributed by atoms with Crippen LogP contribution in [-0.4, -0.2) is 15.0 Å². The van der Waals surface area contributed by atoms with E-state index in [2.05, 4.69) is 26.2 Å². The fourth-order valence-electron chi connectivity index (χ4n) is 1.89. The number of anilines is 1. The van der Waals surface area contributed by atoms with Crippen LogP contribution in [0, 0.1) is 11.6 Å². The van der Waals surface area contributed by atoms with Gasteiger partial charge in [-0.15, -0.1) is 5.10 Å². The SMILES string of the molecule is Nc1nnn(-c2cc(Br)c(F)cc2F)c1C1CC1. The predicted octanol–water partition coefficient (Wildman–Crippen LogP) is 2.77. The lowest BCUT2D eigenvalue weighted by Crippen LogP contribution is -2.05. The third kappa shape index (κ3) is 1.78. The first-order valence-corrected chi connectivity index (χ1v) is 6.23. The maximum absolute atomic E-state index is 13.8. The summed E-state index contributed by atoms with van der Waals surface area (Å²) in [7, 11) is 0. The summed E-state index contributed by atoms with van der Waals surface area (Å²) in [6.07, 6.45) is 1.98. The van der Waals surface area contributed by atoms with E-state index in [0.29, 0.717) is 11.5 Å². The Morgan fingerprint density at radius 1 is 1.28 bits per heavy atom. The second-order valence-electron chi connectivity index (χ2n) is 4.26. The van der Waals surface area contributed by atoms with Crippen LogP contribution in [-0.2, 0) is 0 Å². The van der Waals surface area contributed by atoms with Crippen LogP contribution in [0.4, 0.5) is 14.6 Å². The highest BCUT2D eigenvalue weighted by Gasteiger charge is 2.31. The Bertz CT molecular complexity index is 622. The molecule has 0 saturated heterocycles. The zero-order valence-corrected chi connectivity index (χ0v) is 10.8. The molecular formula is C11H9BrF2N4. The van der Waals surface area contributed by atoms with Gasteiger partial charge in [0.1, 0.15) is 11.5 Å². The lowest BCUT2D eigenvalue weighted by atomic mass is 10.2. The molecule has 1 heterocycles. The van der Waals surface area contributed by atoms with Crippen molar-refractivity contribution in [3.8, 4) is 5.69 Å². The van der Waals surface area contributed by atoms with E-state index in [1.54, 1.807) is 0 Å². The van der Waals surface area contributed by atoms with Gasteiger partial charge < -0.3 is 5.73 Å². The third-order valence-electron chi connectivity index (χ3n) is 2.91. The van der Waals surface area contributed by atoms with Gasteiger partial charge in [0.05, 0.1) is 10.2 Å². The normalized spacial score (nSPS) is 15.1. The molecule has 18 heavy (non-hydrogen) atoms. The monoisotopic (exact) mass is 314 g/mol. The minimum Gasteiger partial charge on any atom is -0.381 e. The molecule has 94 valence electrons. The average Bonchev–Trinajstić information content (AvgIpc) is 3.08. The third-order valence-corrected chi connectivity index (χ3v) is 3.52. The molecule has 3 rings (SSSR count). The minimum atomic E-state index is -0.692. The zero-order valence-electron chi connectivity index (χ0n) is 9.20. The van der Waals surface area contributed by atoms with Crippen molar-refractivity contribution in [2.24, 2.45) is 0 Å². The Kier molecular flexibility index (Phi) is 2.58. The van der Waals surface area contributed by atoms with Crippen molar-refractivity contribution in [2.75, 3.05) is 5.73 Å². The van der Waals surface area contributed by atoms with Gasteiger partial charge in [-0.1, -0.05) is 5.21 Å². The Balaban J connectivity index is 2.18. The van der Waals surface area contributed by atoms with Crippen LogP contribution in [0.25, 0.3) is 5.69 Å². The van der Waals surface area contributed by atoms with Gasteiger partial charge in [-0.3, -0.25) is 0 Å². The van der Waals surface area contributed by atoms with Gasteiger partial charge in [0.15, 0.2) is 11.6 Å². The van der Waals surface area contributed by atoms with Crippen molar-refractivity contribution in [3.05, 3.63) is 33.9 Å². The molecule has 2 aromatic rings. The summed E-state index contributed by atoms with van der Waals surface area (Å²) in [5.41, 5.74) is 6.58. The molecule has 0 bridgehead atoms. The molecule has 1 aromatic heterocycles. The molecule has 1 aliphatic carbocycles. The lowest BCUT2D eigenvalue weighted by molar-refractivity contribution is 0.565. The Morgan fingerprint density at radius 2 is 2.00 bits per heavy atom. The van der Waals surface area contributed by atoms with Gasteiger partial charge >= 0.3 is 0 Å². The summed E-state index contributed by atoms with van der Waals surface area (Å²) in [6, 6.07) is 2.15. The minimum absolute atomic E-state index is 0.148. The number of nitrogens with two attached hydrogens (primary N) is 1. The van der Waals surface area contributed by atoms with Gasteiger partial charge in [-0.25, -0.2) is 13.5 Å². The molecule has 0 aliphatic heterocycles. The quantitative estimate of drug-likeness (QED) is 0.867. The molecule has 2 N–H and O–H groups in total. The summed E-state index contributed by atoms with van der Waals surface area (Å²) in [5, 5.41) is 7.60. The highest BCUT2D eigenvalue weighted by molar-refractivity contribution is 9.10. The highest BCUT2D eigenvalue weighted by atomic mass is 79.9. The first kappa shape index (κ1) is 11.6. The fraction of sp³-hybridized carbons (Fsp3) is 0.273. The summed E-state index contributed by atoms with van der Waals surface area (Å²) in [6.45, 7) is 0. The van der Waals surface area contributed by atoms with E-state index in [0.717, 1.165) is 18.9 Å². The van der Waals surface area contributed by atoms with Crippen molar-refractivity contribution in [1.29, 1.82) is 0 Å². The molecule has 4 nitrogen and oxygen atoms in total. The number of nitrogens with zero attached hydrogens (tertiary/aromatic N) is 3. The number of nitrogen functional groups attached to an aromatic ring is 1. The molecule has 0 spiro atoms. The smallest absolute Gasteiger partial charge is 0.169 e. The van der Waals surface area contributed by atoms with Crippen LogP contribution in [0.2, 0.25) is 0 Å². The van der Waals surface area contributed by atoms with Crippen LogP contribution in [0.5, 0.6) is 0 Å². The molecule has 0 radical (unpaired) electrons. The van der Waals surface area contributed by atoms with E-state index in [1.807, 2.05) is 0 Å². The van der Waals surface area contributed by atoms with E-state index in [-0.39, 0.29) is 16.1 Å². The van der Waals surface area contributed by atoms with Crippen LogP contribution >= 0.6 is 15.9 Å². The molecular weight excluding hydrogens is 306 g/mol. The number of benzene rings is 1. The number of hydrogen-bond donors (Lipinski definition) is 1. The molecule has 1 aliphatic rings. The molecule has 0 atom stereocenters. The number of hydrogen-bond acceptors (Lipinski definition) is 3. The molecule has 0 unspecified atom stereocenters. The fourth-order valence-corrected chi connectivity index (χ4v) is 2.22. The zero-order chi connectivity index (χ0) is 12.9. The standard InChI is InChI=1S/C11H9BrF2N4/c12-6-3-9(8(14)4-7(6)13)18-10(5-1-2-5)11(15)16-17-18/h3-5H,1-2,15H2. The van der Waals surface area contributed by atoms with Crippen LogP contribution in [0.3, 0.4) is 0 Å². The van der Waals surface area contributed by atoms with Crippen molar-refractivity contribution in [3.63, 3.8) is 0 Å². The largest absolute Gasteiger partial charge is 0.381 e. The van der Waals surface area contributed by atoms with E-state index < -0.39 is 11.6 Å². The molecule has 1 aromatic carbocycles. The van der Waals surface area contributed by atoms with E-state index in [4.69, 9.17) is 5.73 Å². The van der Waals surface area contributed by atoms with Crippen LogP contribution in [0.15, 0.2) is 16.6 Å². The van der Waals surface area contributed by atoms with Gasteiger partial charge in [0, 0.05) is 12.0 Å². The highest BCUT2D eigenvalue weighted by Crippen LogP contribution is 2.43. The Morgan fingerprint density at radius 3 is 2.67 bits per heavy atom. The Labute approximate surface area is 110 Å². The number of halogens is 3. The molecule has 1 saturated carbocycles. The predicted molar refractivity (Wildman–Crippen MR) is 65.4 cm³/mol. The first-order valence-electron chi connectivity index (χ1n) is 5.44. The summed E-state index contributed by atoms with van der Waals surface area (Å²) in [4.78, 5) is 0. The summed E-state index contributed by atoms with van der Waals surface area (Å²) in [5.74, 6) is -0.777. The number of aromatic nitrogens is 3. The van der Waals surface area contributed by atoms with Crippen molar-refractivity contribution < 1.29 is 8.78 Å². The van der Waals surface area contributed by atoms with E-state index >= 15 is 0 Å². The van der Waals surface area contributed by atoms with Gasteiger partial charge in [0.25, 0.3) is 0 Å². The maximum atomic E-state index is 13.8. The van der Waals surface area contributed by atoms with Crippen molar-refractivity contribution >= 4 is 21.7 Å². The molecule has 0 amide bonds. The van der Waals surface area contributed by atoms with Crippen LogP contribution < -0.4 is 5.73 Å². The second-order valence-corrected chi connectivity index (χ2v) is 5.12. The summed E-state index contributed by atoms with van der Waals surface area (Å²) >= 11 is 3.03. The van der Waals surface area contributed by atoms with Crippen molar-refractivity contribution in [2.45, 2.75) is 18.8 Å². The van der Waals surface area contributed by atoms with Gasteiger partial charge in [-0.2, -0.15) is 0 Å². The van der Waals surface area contributed by atoms with Gasteiger partial charge in [-0.05, 0) is 34.8 Å². The maximum Gasteiger partial charge on any atom is 0.169 e. The Hall–Kier alpha value is -1.50. The first-order chi connectivity index (χ1) is 8.58. The lowest BCUT2D eigenvalue weighted by Gasteiger charge is -2.08. The molecule has 1 fully saturated rings. The summed E-state index contributed by atoms with van der Waals surface area (Å²) < 4.78 is 28.5. The van der Waals surface area contributed by atoms with Crippen molar-refractivity contribution in [1.82, 2.24) is 15.0 Å². The van der Waals surface area contributed by atoms with Crippen LogP contribution in [0.1, 0.15) is 24.5 Å². The number of rotatable bonds is 2. The van der Waals surface area contributed by atoms with Gasteiger partial charge in [0.2, 0.25) is 0 Å². The van der Waals surface area contributed by atoms with E-state index in [9.17, 15) is 8.78 Å². The topological polar surface area (TPSA) is 56.7 Å². The van der Waals surface area contributed by atoms with E-state index in [1.165, 1.54) is 10.7 Å².